The molecule has 1 N–H and O–H groups in total. The van der Waals surface area contributed by atoms with Crippen LogP contribution >= 0.6 is 0 Å². The van der Waals surface area contributed by atoms with Gasteiger partial charge in [-0.15, -0.1) is 0 Å². The number of rotatable bonds is 4. The standard InChI is InChI=1S/C31H33NO5/c1-19-12-23(35-3)13-20(2)29(19)31(34)14-21-16-36-17-22(15-31)32(21)30(33)37-18-28-26-10-6-4-8-24(26)25-9-5-7-11-27(25)28/h4-13,21-22,28,34H,14-18H2,1-3H3. The zero-order valence-electron chi connectivity index (χ0n) is 21.6. The quantitative estimate of drug-likeness (QED) is 0.527. The lowest BCUT2D eigenvalue weighted by atomic mass is 9.74. The number of amides is 1. The van der Waals surface area contributed by atoms with Gasteiger partial charge in [-0.2, -0.15) is 0 Å². The smallest absolute Gasteiger partial charge is 0.410 e. The van der Waals surface area contributed by atoms with Gasteiger partial charge in [-0.3, -0.25) is 4.90 Å². The van der Waals surface area contributed by atoms with Crippen molar-refractivity contribution in [2.45, 2.75) is 50.3 Å². The lowest BCUT2D eigenvalue weighted by Crippen LogP contribution is -2.62. The van der Waals surface area contributed by atoms with E-state index in [1.807, 2.05) is 55.1 Å². The fourth-order valence-corrected chi connectivity index (χ4v) is 6.92. The Morgan fingerprint density at radius 1 is 0.973 bits per heavy atom. The molecule has 1 amide bonds. The fourth-order valence-electron chi connectivity index (χ4n) is 6.92. The SMILES string of the molecule is COc1cc(C)c(C2(O)CC3COCC(C2)N3C(=O)OCC2c3ccccc3-c3ccccc32)c(C)c1. The van der Waals surface area contributed by atoms with Gasteiger partial charge in [0.1, 0.15) is 12.4 Å². The van der Waals surface area contributed by atoms with Crippen LogP contribution in [0.2, 0.25) is 0 Å². The third-order valence-electron chi connectivity index (χ3n) is 8.31. The van der Waals surface area contributed by atoms with E-state index in [1.165, 1.54) is 22.3 Å². The van der Waals surface area contributed by atoms with Crippen LogP contribution in [0.3, 0.4) is 0 Å². The Labute approximate surface area is 217 Å². The summed E-state index contributed by atoms with van der Waals surface area (Å²) in [4.78, 5) is 15.3. The lowest BCUT2D eigenvalue weighted by molar-refractivity contribution is -0.136. The number of nitrogens with zero attached hydrogens (tertiary/aromatic N) is 1. The van der Waals surface area contributed by atoms with E-state index in [9.17, 15) is 9.90 Å². The van der Waals surface area contributed by atoms with Gasteiger partial charge in [0, 0.05) is 18.8 Å². The molecular weight excluding hydrogens is 466 g/mol. The van der Waals surface area contributed by atoms with E-state index >= 15 is 0 Å². The molecule has 2 saturated heterocycles. The first-order valence-corrected chi connectivity index (χ1v) is 13.0. The molecule has 3 aromatic carbocycles. The van der Waals surface area contributed by atoms with E-state index in [2.05, 4.69) is 24.3 Å². The second kappa shape index (κ2) is 9.19. The molecule has 0 aromatic heterocycles. The van der Waals surface area contributed by atoms with Crippen LogP contribution in [0.4, 0.5) is 4.79 Å². The molecule has 6 nitrogen and oxygen atoms in total. The third-order valence-corrected chi connectivity index (χ3v) is 8.31. The van der Waals surface area contributed by atoms with Gasteiger partial charge in [-0.1, -0.05) is 48.5 Å². The maximum atomic E-state index is 13.5. The summed E-state index contributed by atoms with van der Waals surface area (Å²) >= 11 is 0. The van der Waals surface area contributed by atoms with Gasteiger partial charge < -0.3 is 19.3 Å². The zero-order chi connectivity index (χ0) is 25.7. The number of carbonyl (C=O) groups excluding carboxylic acids is 1. The number of methoxy groups -OCH3 is 1. The first-order valence-electron chi connectivity index (χ1n) is 13.0. The highest BCUT2D eigenvalue weighted by atomic mass is 16.6. The highest BCUT2D eigenvalue weighted by Gasteiger charge is 2.50. The molecule has 2 bridgehead atoms. The van der Waals surface area contributed by atoms with Crippen molar-refractivity contribution in [1.29, 1.82) is 0 Å². The molecule has 2 unspecified atom stereocenters. The Morgan fingerprint density at radius 2 is 1.51 bits per heavy atom. The van der Waals surface area contributed by atoms with Crippen molar-refractivity contribution in [3.8, 4) is 16.9 Å². The lowest BCUT2D eigenvalue weighted by Gasteiger charge is -2.51. The third kappa shape index (κ3) is 3.99. The molecule has 192 valence electrons. The van der Waals surface area contributed by atoms with Gasteiger partial charge in [-0.05, 0) is 64.9 Å². The second-order valence-electron chi connectivity index (χ2n) is 10.6. The van der Waals surface area contributed by atoms with Gasteiger partial charge in [0.2, 0.25) is 0 Å². The van der Waals surface area contributed by atoms with Crippen LogP contribution < -0.4 is 4.74 Å². The molecule has 1 aliphatic carbocycles. The Morgan fingerprint density at radius 3 is 2.05 bits per heavy atom. The van der Waals surface area contributed by atoms with Crippen molar-refractivity contribution in [2.24, 2.45) is 0 Å². The minimum absolute atomic E-state index is 0.0127. The van der Waals surface area contributed by atoms with Gasteiger partial charge in [-0.25, -0.2) is 4.79 Å². The monoisotopic (exact) mass is 499 g/mol. The van der Waals surface area contributed by atoms with Gasteiger partial charge in [0.15, 0.2) is 0 Å². The minimum Gasteiger partial charge on any atom is -0.497 e. The van der Waals surface area contributed by atoms with E-state index in [1.54, 1.807) is 7.11 Å². The first-order chi connectivity index (χ1) is 17.9. The van der Waals surface area contributed by atoms with Crippen molar-refractivity contribution in [3.63, 3.8) is 0 Å². The Kier molecular flexibility index (Phi) is 5.97. The van der Waals surface area contributed by atoms with Crippen molar-refractivity contribution in [3.05, 3.63) is 88.5 Å². The highest BCUT2D eigenvalue weighted by molar-refractivity contribution is 5.79. The molecule has 3 aromatic rings. The van der Waals surface area contributed by atoms with Crippen LogP contribution in [0, 0.1) is 13.8 Å². The summed E-state index contributed by atoms with van der Waals surface area (Å²) in [5, 5.41) is 11.9. The fraction of sp³-hybridized carbons (Fsp3) is 0.387. The number of fused-ring (bicyclic) bond motifs is 5. The Balaban J connectivity index is 1.22. The topological polar surface area (TPSA) is 68.2 Å². The average Bonchev–Trinajstić information content (AvgIpc) is 3.20. The van der Waals surface area contributed by atoms with E-state index < -0.39 is 5.60 Å². The number of piperidine rings is 1. The number of ether oxygens (including phenoxy) is 3. The number of aliphatic hydroxyl groups is 1. The van der Waals surface area contributed by atoms with Crippen LogP contribution in [0.15, 0.2) is 60.7 Å². The van der Waals surface area contributed by atoms with Crippen molar-refractivity contribution < 1.29 is 24.1 Å². The molecular formula is C31H33NO5. The number of aryl methyl sites for hydroxylation is 2. The number of hydrogen-bond donors (Lipinski definition) is 1. The maximum absolute atomic E-state index is 13.5. The molecule has 2 fully saturated rings. The maximum Gasteiger partial charge on any atom is 0.410 e. The highest BCUT2D eigenvalue weighted by Crippen LogP contribution is 2.46. The molecule has 6 rings (SSSR count). The molecule has 0 radical (unpaired) electrons. The molecule has 2 heterocycles. The predicted molar refractivity (Wildman–Crippen MR) is 141 cm³/mol. The van der Waals surface area contributed by atoms with Crippen LogP contribution in [0.5, 0.6) is 5.75 Å². The van der Waals surface area contributed by atoms with Gasteiger partial charge in [0.25, 0.3) is 0 Å². The summed E-state index contributed by atoms with van der Waals surface area (Å²) in [5.41, 5.74) is 6.67. The second-order valence-corrected chi connectivity index (χ2v) is 10.6. The van der Waals surface area contributed by atoms with E-state index in [0.717, 1.165) is 22.4 Å². The molecule has 3 aliphatic rings. The number of hydrogen-bond acceptors (Lipinski definition) is 5. The predicted octanol–water partition coefficient (Wildman–Crippen LogP) is 5.31. The summed E-state index contributed by atoms with van der Waals surface area (Å²) in [6, 6.07) is 20.1. The van der Waals surface area contributed by atoms with Crippen LogP contribution in [-0.2, 0) is 15.1 Å². The number of benzene rings is 3. The van der Waals surface area contributed by atoms with E-state index in [-0.39, 0.29) is 30.7 Å². The summed E-state index contributed by atoms with van der Waals surface area (Å²) < 4.78 is 17.3. The largest absolute Gasteiger partial charge is 0.497 e. The number of carbonyl (C=O) groups is 1. The summed E-state index contributed by atoms with van der Waals surface area (Å²) in [7, 11) is 1.65. The molecule has 2 atom stereocenters. The van der Waals surface area contributed by atoms with Crippen LogP contribution in [-0.4, -0.2) is 55.1 Å². The molecule has 6 heteroatoms. The molecule has 37 heavy (non-hydrogen) atoms. The molecule has 2 aliphatic heterocycles. The van der Waals surface area contributed by atoms with Gasteiger partial charge in [0.05, 0.1) is 38.0 Å². The summed E-state index contributed by atoms with van der Waals surface area (Å²) in [6.45, 7) is 5.07. The normalized spacial score (nSPS) is 24.4. The molecule has 0 saturated carbocycles. The van der Waals surface area contributed by atoms with E-state index in [0.29, 0.717) is 26.1 Å². The van der Waals surface area contributed by atoms with Crippen molar-refractivity contribution in [1.82, 2.24) is 4.90 Å². The average molecular weight is 500 g/mol. The number of morpholine rings is 1. The van der Waals surface area contributed by atoms with Crippen LogP contribution in [0.25, 0.3) is 11.1 Å². The van der Waals surface area contributed by atoms with E-state index in [4.69, 9.17) is 14.2 Å². The first kappa shape index (κ1) is 24.0. The summed E-state index contributed by atoms with van der Waals surface area (Å²) in [6.07, 6.45) is 0.481. The van der Waals surface area contributed by atoms with Gasteiger partial charge >= 0.3 is 6.09 Å². The van der Waals surface area contributed by atoms with Crippen molar-refractivity contribution in [2.75, 3.05) is 26.9 Å². The zero-order valence-corrected chi connectivity index (χ0v) is 21.6. The minimum atomic E-state index is -1.04. The molecule has 0 spiro atoms. The Hall–Kier alpha value is -3.35. The van der Waals surface area contributed by atoms with Crippen LogP contribution in [0.1, 0.15) is 46.6 Å². The van der Waals surface area contributed by atoms with Crippen molar-refractivity contribution >= 4 is 6.09 Å². The summed E-state index contributed by atoms with van der Waals surface area (Å²) in [5.74, 6) is 0.792. The Bertz CT molecular complexity index is 1270.